The van der Waals surface area contributed by atoms with Crippen molar-refractivity contribution < 1.29 is 48.3 Å². The minimum atomic E-state index is -4.95. The summed E-state index contributed by atoms with van der Waals surface area (Å²) in [6.07, 6.45) is 1.47. The van der Waals surface area contributed by atoms with Crippen LogP contribution >= 0.6 is 0 Å². The van der Waals surface area contributed by atoms with Gasteiger partial charge in [0.15, 0.2) is 0 Å². The molecule has 0 spiro atoms. The van der Waals surface area contributed by atoms with Gasteiger partial charge >= 0.3 is 6.03 Å². The second-order valence-corrected chi connectivity index (χ2v) is 16.0. The summed E-state index contributed by atoms with van der Waals surface area (Å²) in [5.41, 5.74) is 1.02. The average Bonchev–Trinajstić information content (AvgIpc) is 3.35. The largest absolute Gasteiger partial charge is 0.372 e. The van der Waals surface area contributed by atoms with Crippen molar-refractivity contribution in [3.8, 4) is 11.1 Å². The number of ether oxygens (including phenoxy) is 1. The maximum atomic E-state index is 14.9. The van der Waals surface area contributed by atoms with Gasteiger partial charge in [0.2, 0.25) is 10.0 Å². The van der Waals surface area contributed by atoms with Crippen LogP contribution < -0.4 is 10.6 Å². The van der Waals surface area contributed by atoms with Crippen molar-refractivity contribution in [1.82, 2.24) is 9.62 Å². The molecule has 47 heavy (non-hydrogen) atoms. The van der Waals surface area contributed by atoms with Crippen LogP contribution in [0.5, 0.6) is 0 Å². The number of carbonyl (C=O) groups is 1. The fraction of sp³-hybridized carbons (Fsp3) is 0.233. The Hall–Kier alpha value is -3.97. The van der Waals surface area contributed by atoms with Gasteiger partial charge in [0.25, 0.3) is 20.2 Å². The highest BCUT2D eigenvalue weighted by Gasteiger charge is 2.39. The SMILES string of the molecule is O=C(NCc1ccc(F)c(-c2ccc3cc(S(=O)(=O)O)cc(S(=O)(=O)O)c3c2)c1)Nc1ccc(S(=O)(=O)N2CC3CCC(C2)O3)cc1. The third kappa shape index (κ3) is 7.01. The lowest BCUT2D eigenvalue weighted by atomic mass is 9.99. The highest BCUT2D eigenvalue weighted by Crippen LogP contribution is 2.33. The molecule has 2 heterocycles. The number of benzene rings is 4. The molecule has 0 saturated carbocycles. The van der Waals surface area contributed by atoms with Crippen molar-refractivity contribution >= 4 is 52.8 Å². The summed E-state index contributed by atoms with van der Waals surface area (Å²) in [6.45, 7) is 0.555. The van der Waals surface area contributed by atoms with E-state index in [9.17, 15) is 43.5 Å². The number of carbonyl (C=O) groups excluding carboxylic acids is 1. The zero-order chi connectivity index (χ0) is 33.7. The second kappa shape index (κ2) is 12.2. The lowest BCUT2D eigenvalue weighted by Crippen LogP contribution is -2.45. The Morgan fingerprint density at radius 2 is 1.51 bits per heavy atom. The first-order valence-electron chi connectivity index (χ1n) is 14.2. The normalized spacial score (nSPS) is 18.7. The molecule has 4 aromatic carbocycles. The molecular weight excluding hydrogens is 678 g/mol. The van der Waals surface area contributed by atoms with Crippen LogP contribution in [0.15, 0.2) is 87.5 Å². The number of anilines is 1. The van der Waals surface area contributed by atoms with Gasteiger partial charge in [-0.3, -0.25) is 9.11 Å². The zero-order valence-corrected chi connectivity index (χ0v) is 26.8. The molecule has 4 aromatic rings. The van der Waals surface area contributed by atoms with Gasteiger partial charge in [0, 0.05) is 36.3 Å². The quantitative estimate of drug-likeness (QED) is 0.195. The van der Waals surface area contributed by atoms with Crippen molar-refractivity contribution in [3.05, 3.63) is 84.2 Å². The number of rotatable bonds is 8. The van der Waals surface area contributed by atoms with Gasteiger partial charge in [-0.25, -0.2) is 17.6 Å². The monoisotopic (exact) mass is 705 g/mol. The minimum absolute atomic E-state index is 0.0248. The van der Waals surface area contributed by atoms with Crippen molar-refractivity contribution in [2.45, 2.75) is 46.3 Å². The van der Waals surface area contributed by atoms with Crippen molar-refractivity contribution in [1.29, 1.82) is 0 Å². The van der Waals surface area contributed by atoms with E-state index in [0.29, 0.717) is 30.4 Å². The predicted octanol–water partition coefficient (Wildman–Crippen LogP) is 4.01. The van der Waals surface area contributed by atoms with E-state index in [1.807, 2.05) is 0 Å². The van der Waals surface area contributed by atoms with E-state index < -0.39 is 51.9 Å². The molecule has 0 aliphatic carbocycles. The number of morpholine rings is 1. The molecule has 2 aliphatic heterocycles. The summed E-state index contributed by atoms with van der Waals surface area (Å²) in [5.74, 6) is -0.680. The van der Waals surface area contributed by atoms with E-state index in [1.54, 1.807) is 0 Å². The molecule has 2 saturated heterocycles. The van der Waals surface area contributed by atoms with Gasteiger partial charge < -0.3 is 15.4 Å². The number of hydrogen-bond acceptors (Lipinski definition) is 8. The number of amides is 2. The van der Waals surface area contributed by atoms with E-state index in [-0.39, 0.29) is 45.5 Å². The van der Waals surface area contributed by atoms with E-state index in [4.69, 9.17) is 4.74 Å². The fourth-order valence-electron chi connectivity index (χ4n) is 5.72. The number of halogens is 1. The highest BCUT2D eigenvalue weighted by atomic mass is 32.2. The molecule has 2 amide bonds. The maximum absolute atomic E-state index is 14.9. The van der Waals surface area contributed by atoms with Crippen molar-refractivity contribution in [3.63, 3.8) is 0 Å². The Kier molecular flexibility index (Phi) is 8.58. The van der Waals surface area contributed by atoms with Gasteiger partial charge in [-0.15, -0.1) is 0 Å². The smallest absolute Gasteiger partial charge is 0.319 e. The summed E-state index contributed by atoms with van der Waals surface area (Å²) in [6, 6.07) is 14.7. The lowest BCUT2D eigenvalue weighted by Gasteiger charge is -2.31. The Balaban J connectivity index is 1.15. The Morgan fingerprint density at radius 1 is 0.830 bits per heavy atom. The summed E-state index contributed by atoms with van der Waals surface area (Å²) in [7, 11) is -13.5. The molecule has 248 valence electrons. The molecule has 13 nitrogen and oxygen atoms in total. The van der Waals surface area contributed by atoms with Crippen LogP contribution in [0.2, 0.25) is 0 Å². The van der Waals surface area contributed by atoms with Gasteiger partial charge in [-0.1, -0.05) is 18.2 Å². The van der Waals surface area contributed by atoms with Crippen LogP contribution in [-0.2, 0) is 41.5 Å². The summed E-state index contributed by atoms with van der Waals surface area (Å²) in [5, 5.41) is 5.18. The van der Waals surface area contributed by atoms with E-state index in [2.05, 4.69) is 10.6 Å². The number of sulfonamides is 1. The van der Waals surface area contributed by atoms with Crippen LogP contribution in [0.3, 0.4) is 0 Å². The van der Waals surface area contributed by atoms with Crippen LogP contribution in [0.4, 0.5) is 14.9 Å². The average molecular weight is 706 g/mol. The maximum Gasteiger partial charge on any atom is 0.319 e. The fourth-order valence-corrected chi connectivity index (χ4v) is 8.57. The molecule has 2 atom stereocenters. The molecule has 0 aromatic heterocycles. The number of fused-ring (bicyclic) bond motifs is 3. The molecule has 2 unspecified atom stereocenters. The predicted molar refractivity (Wildman–Crippen MR) is 168 cm³/mol. The summed E-state index contributed by atoms with van der Waals surface area (Å²) >= 11 is 0. The number of urea groups is 1. The molecule has 2 bridgehead atoms. The minimum Gasteiger partial charge on any atom is -0.372 e. The first-order valence-corrected chi connectivity index (χ1v) is 18.5. The van der Waals surface area contributed by atoms with Crippen LogP contribution in [0.1, 0.15) is 18.4 Å². The lowest BCUT2D eigenvalue weighted by molar-refractivity contribution is -0.0114. The highest BCUT2D eigenvalue weighted by molar-refractivity contribution is 7.89. The molecule has 0 radical (unpaired) electrons. The summed E-state index contributed by atoms with van der Waals surface area (Å²) < 4.78 is 115. The van der Waals surface area contributed by atoms with E-state index in [1.165, 1.54) is 58.9 Å². The molecule has 2 fully saturated rings. The van der Waals surface area contributed by atoms with Gasteiger partial charge in [0.05, 0.1) is 22.0 Å². The van der Waals surface area contributed by atoms with Crippen molar-refractivity contribution in [2.24, 2.45) is 0 Å². The first-order chi connectivity index (χ1) is 22.1. The van der Waals surface area contributed by atoms with Gasteiger partial charge in [0.1, 0.15) is 10.7 Å². The van der Waals surface area contributed by atoms with E-state index >= 15 is 0 Å². The summed E-state index contributed by atoms with van der Waals surface area (Å²) in [4.78, 5) is 11.2. The van der Waals surface area contributed by atoms with Crippen molar-refractivity contribution in [2.75, 3.05) is 18.4 Å². The van der Waals surface area contributed by atoms with Crippen LogP contribution in [0, 0.1) is 5.82 Å². The van der Waals surface area contributed by atoms with Gasteiger partial charge in [-0.2, -0.15) is 21.1 Å². The third-order valence-corrected chi connectivity index (χ3v) is 11.6. The third-order valence-electron chi connectivity index (χ3n) is 8.02. The molecule has 17 heteroatoms. The van der Waals surface area contributed by atoms with Crippen LogP contribution in [0.25, 0.3) is 21.9 Å². The Bertz CT molecular complexity index is 2220. The molecule has 4 N–H and O–H groups in total. The van der Waals surface area contributed by atoms with Crippen LogP contribution in [-0.4, -0.2) is 70.0 Å². The number of hydrogen-bond donors (Lipinski definition) is 4. The van der Waals surface area contributed by atoms with E-state index in [0.717, 1.165) is 25.0 Å². The molecule has 6 rings (SSSR count). The first kappa shape index (κ1) is 33.0. The number of nitrogens with one attached hydrogen (secondary N) is 2. The zero-order valence-electron chi connectivity index (χ0n) is 24.3. The second-order valence-electron chi connectivity index (χ2n) is 11.2. The number of nitrogens with zero attached hydrogens (tertiary/aromatic N) is 1. The molecule has 2 aliphatic rings. The topological polar surface area (TPSA) is 196 Å². The Morgan fingerprint density at radius 3 is 2.15 bits per heavy atom. The molecular formula is C30H28FN3O10S3. The Labute approximate surface area is 269 Å². The van der Waals surface area contributed by atoms with Gasteiger partial charge in [-0.05, 0) is 84.0 Å². The standard InChI is InChI=1S/C30H28FN3O10S3/c31-28-10-1-18(11-26(28)20-3-2-19-12-25(46(38,39)40)14-29(27(19)13-20)47(41,42)43)15-32-30(35)33-21-4-8-24(9-5-21)45(36,37)34-16-22-6-7-23(17-34)44-22/h1-5,8-14,22-23H,6-7,15-17H2,(H2,32,33,35)(H,38,39,40)(H,41,42,43).